The van der Waals surface area contributed by atoms with Crippen molar-refractivity contribution >= 4 is 17.5 Å². The Morgan fingerprint density at radius 2 is 2.08 bits per heavy atom. The third-order valence-corrected chi connectivity index (χ3v) is 2.96. The molecule has 0 aromatic heterocycles. The molecular formula is C9H14ClNO. The molecule has 1 saturated heterocycles. The van der Waals surface area contributed by atoms with Crippen LogP contribution in [-0.2, 0) is 4.79 Å². The van der Waals surface area contributed by atoms with Crippen LogP contribution in [0.25, 0.3) is 0 Å². The molecule has 0 aromatic carbocycles. The number of likely N-dealkylation sites (tertiary alicyclic amines) is 1. The number of halogens is 1. The number of rotatable bonds is 1. The SMILES string of the molecule is O=C(C1CC1)N1CCCC(Cl)C1. The summed E-state index contributed by atoms with van der Waals surface area (Å²) in [4.78, 5) is 13.5. The fraction of sp³-hybridized carbons (Fsp3) is 0.889. The highest BCUT2D eigenvalue weighted by molar-refractivity contribution is 6.20. The summed E-state index contributed by atoms with van der Waals surface area (Å²) in [7, 11) is 0. The zero-order valence-electron chi connectivity index (χ0n) is 7.13. The number of carbonyl (C=O) groups excluding carboxylic acids is 1. The molecule has 3 heteroatoms. The van der Waals surface area contributed by atoms with Gasteiger partial charge in [-0.15, -0.1) is 11.6 Å². The van der Waals surface area contributed by atoms with Gasteiger partial charge in [-0.2, -0.15) is 0 Å². The summed E-state index contributed by atoms with van der Waals surface area (Å²) in [5.74, 6) is 0.701. The number of hydrogen-bond acceptors (Lipinski definition) is 1. The molecule has 1 unspecified atom stereocenters. The minimum absolute atomic E-state index is 0.196. The molecular weight excluding hydrogens is 174 g/mol. The third kappa shape index (κ3) is 1.74. The molecule has 2 nitrogen and oxygen atoms in total. The smallest absolute Gasteiger partial charge is 0.225 e. The average Bonchev–Trinajstić information content (AvgIpc) is 2.85. The van der Waals surface area contributed by atoms with E-state index in [1.54, 1.807) is 0 Å². The van der Waals surface area contributed by atoms with Crippen molar-refractivity contribution in [2.75, 3.05) is 13.1 Å². The normalized spacial score (nSPS) is 30.4. The van der Waals surface area contributed by atoms with E-state index in [4.69, 9.17) is 11.6 Å². The first-order chi connectivity index (χ1) is 5.77. The second-order valence-corrected chi connectivity index (χ2v) is 4.42. The monoisotopic (exact) mass is 187 g/mol. The molecule has 1 atom stereocenters. The highest BCUT2D eigenvalue weighted by atomic mass is 35.5. The largest absolute Gasteiger partial charge is 0.341 e. The van der Waals surface area contributed by atoms with Gasteiger partial charge < -0.3 is 4.90 Å². The van der Waals surface area contributed by atoms with E-state index in [0.29, 0.717) is 11.8 Å². The van der Waals surface area contributed by atoms with Crippen molar-refractivity contribution in [1.82, 2.24) is 4.90 Å². The van der Waals surface area contributed by atoms with Crippen LogP contribution in [0.1, 0.15) is 25.7 Å². The molecule has 68 valence electrons. The lowest BCUT2D eigenvalue weighted by atomic mass is 10.1. The Morgan fingerprint density at radius 1 is 1.33 bits per heavy atom. The summed E-state index contributed by atoms with van der Waals surface area (Å²) in [6.45, 7) is 1.70. The van der Waals surface area contributed by atoms with E-state index in [1.807, 2.05) is 4.90 Å². The minimum atomic E-state index is 0.196. The molecule has 0 spiro atoms. The maximum Gasteiger partial charge on any atom is 0.225 e. The molecule has 2 aliphatic rings. The summed E-state index contributed by atoms with van der Waals surface area (Å²) >= 11 is 5.99. The van der Waals surface area contributed by atoms with E-state index in [2.05, 4.69) is 0 Å². The van der Waals surface area contributed by atoms with Crippen LogP contribution in [0.15, 0.2) is 0 Å². The van der Waals surface area contributed by atoms with Crippen molar-refractivity contribution in [3.05, 3.63) is 0 Å². The van der Waals surface area contributed by atoms with Crippen LogP contribution in [0.4, 0.5) is 0 Å². The van der Waals surface area contributed by atoms with Crippen LogP contribution in [0.2, 0.25) is 0 Å². The number of piperidine rings is 1. The van der Waals surface area contributed by atoms with Gasteiger partial charge >= 0.3 is 0 Å². The number of alkyl halides is 1. The molecule has 1 heterocycles. The molecule has 0 aromatic rings. The Kier molecular flexibility index (Phi) is 2.26. The van der Waals surface area contributed by atoms with Gasteiger partial charge in [-0.05, 0) is 25.7 Å². The molecule has 1 aliphatic heterocycles. The van der Waals surface area contributed by atoms with Gasteiger partial charge in [0.25, 0.3) is 0 Å². The third-order valence-electron chi connectivity index (χ3n) is 2.60. The van der Waals surface area contributed by atoms with Crippen LogP contribution < -0.4 is 0 Å². The van der Waals surface area contributed by atoms with E-state index in [0.717, 1.165) is 38.8 Å². The maximum atomic E-state index is 11.6. The summed E-state index contributed by atoms with van der Waals surface area (Å²) < 4.78 is 0. The molecule has 0 N–H and O–H groups in total. The fourth-order valence-corrected chi connectivity index (χ4v) is 2.03. The first-order valence-corrected chi connectivity index (χ1v) is 5.14. The highest BCUT2D eigenvalue weighted by Gasteiger charge is 2.34. The number of hydrogen-bond donors (Lipinski definition) is 0. The van der Waals surface area contributed by atoms with Gasteiger partial charge in [-0.3, -0.25) is 4.79 Å². The molecule has 0 bridgehead atoms. The predicted octanol–water partition coefficient (Wildman–Crippen LogP) is 1.63. The van der Waals surface area contributed by atoms with Crippen LogP contribution in [-0.4, -0.2) is 29.3 Å². The van der Waals surface area contributed by atoms with Crippen molar-refractivity contribution in [3.8, 4) is 0 Å². The second-order valence-electron chi connectivity index (χ2n) is 3.80. The average molecular weight is 188 g/mol. The minimum Gasteiger partial charge on any atom is -0.341 e. The second kappa shape index (κ2) is 3.25. The fourth-order valence-electron chi connectivity index (χ4n) is 1.71. The van der Waals surface area contributed by atoms with Gasteiger partial charge in [0.1, 0.15) is 0 Å². The van der Waals surface area contributed by atoms with Crippen LogP contribution in [0.5, 0.6) is 0 Å². The summed E-state index contributed by atoms with van der Waals surface area (Å²) in [6, 6.07) is 0. The van der Waals surface area contributed by atoms with E-state index in [9.17, 15) is 4.79 Å². The molecule has 12 heavy (non-hydrogen) atoms. The van der Waals surface area contributed by atoms with Crippen molar-refractivity contribution in [1.29, 1.82) is 0 Å². The van der Waals surface area contributed by atoms with E-state index < -0.39 is 0 Å². The van der Waals surface area contributed by atoms with E-state index in [-0.39, 0.29) is 5.38 Å². The number of carbonyl (C=O) groups is 1. The number of nitrogens with zero attached hydrogens (tertiary/aromatic N) is 1. The van der Waals surface area contributed by atoms with Crippen LogP contribution >= 0.6 is 11.6 Å². The Labute approximate surface area is 77.9 Å². The van der Waals surface area contributed by atoms with Gasteiger partial charge in [-0.25, -0.2) is 0 Å². The topological polar surface area (TPSA) is 20.3 Å². The maximum absolute atomic E-state index is 11.6. The van der Waals surface area contributed by atoms with Gasteiger partial charge in [0, 0.05) is 19.0 Å². The van der Waals surface area contributed by atoms with E-state index >= 15 is 0 Å². The standard InChI is InChI=1S/C9H14ClNO/c10-8-2-1-5-11(6-8)9(12)7-3-4-7/h7-8H,1-6H2. The van der Waals surface area contributed by atoms with Crippen molar-refractivity contribution in [2.45, 2.75) is 31.1 Å². The summed E-state index contributed by atoms with van der Waals surface area (Å²) in [5.41, 5.74) is 0. The van der Waals surface area contributed by atoms with Crippen LogP contribution in [0.3, 0.4) is 0 Å². The Bertz CT molecular complexity index is 191. The highest BCUT2D eigenvalue weighted by Crippen LogP contribution is 2.32. The summed E-state index contributed by atoms with van der Waals surface area (Å²) in [6.07, 6.45) is 4.34. The lowest BCUT2D eigenvalue weighted by molar-refractivity contribution is -0.133. The molecule has 1 aliphatic carbocycles. The first kappa shape index (κ1) is 8.36. The Balaban J connectivity index is 1.89. The predicted molar refractivity (Wildman–Crippen MR) is 48.2 cm³/mol. The lowest BCUT2D eigenvalue weighted by Gasteiger charge is -2.29. The molecule has 1 saturated carbocycles. The zero-order valence-corrected chi connectivity index (χ0v) is 7.89. The molecule has 0 radical (unpaired) electrons. The molecule has 2 rings (SSSR count). The lowest BCUT2D eigenvalue weighted by Crippen LogP contribution is -2.41. The molecule has 1 amide bonds. The van der Waals surface area contributed by atoms with Crippen LogP contribution in [0, 0.1) is 5.92 Å². The molecule has 2 fully saturated rings. The van der Waals surface area contributed by atoms with Gasteiger partial charge in [0.15, 0.2) is 0 Å². The number of amides is 1. The Hall–Kier alpha value is -0.240. The Morgan fingerprint density at radius 3 is 2.67 bits per heavy atom. The van der Waals surface area contributed by atoms with Crippen molar-refractivity contribution in [3.63, 3.8) is 0 Å². The van der Waals surface area contributed by atoms with Gasteiger partial charge in [0.05, 0.1) is 5.38 Å². The first-order valence-electron chi connectivity index (χ1n) is 4.70. The van der Waals surface area contributed by atoms with Gasteiger partial charge in [0.2, 0.25) is 5.91 Å². The zero-order chi connectivity index (χ0) is 8.55. The quantitative estimate of drug-likeness (QED) is 0.572. The van der Waals surface area contributed by atoms with Crippen molar-refractivity contribution < 1.29 is 4.79 Å². The van der Waals surface area contributed by atoms with E-state index in [1.165, 1.54) is 0 Å². The summed E-state index contributed by atoms with van der Waals surface area (Å²) in [5, 5.41) is 0.196. The van der Waals surface area contributed by atoms with Crippen molar-refractivity contribution in [2.24, 2.45) is 5.92 Å². The van der Waals surface area contributed by atoms with Gasteiger partial charge in [-0.1, -0.05) is 0 Å².